The van der Waals surface area contributed by atoms with E-state index in [0.717, 1.165) is 0 Å². The van der Waals surface area contributed by atoms with E-state index >= 15 is 0 Å². The number of nitrogen functional groups attached to an aromatic ring is 1. The van der Waals surface area contributed by atoms with Gasteiger partial charge >= 0.3 is 0 Å². The number of anilines is 1. The van der Waals surface area contributed by atoms with Crippen molar-refractivity contribution in [2.75, 3.05) is 5.73 Å². The predicted molar refractivity (Wildman–Crippen MR) is 75.0 cm³/mol. The van der Waals surface area contributed by atoms with Crippen LogP contribution in [0.2, 0.25) is 0 Å². The van der Waals surface area contributed by atoms with E-state index in [9.17, 15) is 4.39 Å². The Morgan fingerprint density at radius 2 is 2.05 bits per heavy atom. The Morgan fingerprint density at radius 1 is 1.20 bits per heavy atom. The Bertz CT molecular complexity index is 775. The lowest BCUT2D eigenvalue weighted by Gasteiger charge is -1.98. The summed E-state index contributed by atoms with van der Waals surface area (Å²) in [6.45, 7) is 0. The molecule has 2 aromatic heterocycles. The van der Waals surface area contributed by atoms with Crippen LogP contribution in [0, 0.1) is 5.82 Å². The van der Waals surface area contributed by atoms with Gasteiger partial charge in [0.15, 0.2) is 0 Å². The highest BCUT2D eigenvalue weighted by atomic mass is 79.9. The lowest BCUT2D eigenvalue weighted by molar-refractivity contribution is 0.432. The van der Waals surface area contributed by atoms with Gasteiger partial charge in [-0.05, 0) is 46.3 Å². The first kappa shape index (κ1) is 12.7. The number of aromatic nitrogens is 3. The van der Waals surface area contributed by atoms with E-state index in [1.807, 2.05) is 0 Å². The normalized spacial score (nSPS) is 10.7. The molecule has 0 bridgehead atoms. The van der Waals surface area contributed by atoms with E-state index in [1.54, 1.807) is 24.4 Å². The zero-order chi connectivity index (χ0) is 14.1. The zero-order valence-corrected chi connectivity index (χ0v) is 11.6. The standard InChI is InChI=1S/C13H8BrFN4O/c14-10-6-8(15)1-2-9(10)12-18-13(20-19-12)7-3-4-17-11(16)5-7/h1-6H,(H2,16,17). The van der Waals surface area contributed by atoms with Crippen LogP contribution in [-0.4, -0.2) is 15.1 Å². The van der Waals surface area contributed by atoms with E-state index < -0.39 is 0 Å². The summed E-state index contributed by atoms with van der Waals surface area (Å²) in [4.78, 5) is 8.16. The van der Waals surface area contributed by atoms with Crippen molar-refractivity contribution in [2.45, 2.75) is 0 Å². The Balaban J connectivity index is 2.02. The molecular formula is C13H8BrFN4O. The second kappa shape index (κ2) is 5.01. The highest BCUT2D eigenvalue weighted by Crippen LogP contribution is 2.28. The van der Waals surface area contributed by atoms with Crippen LogP contribution in [0.3, 0.4) is 0 Å². The molecule has 7 heteroatoms. The van der Waals surface area contributed by atoms with Crippen molar-refractivity contribution in [3.05, 3.63) is 46.8 Å². The fourth-order valence-corrected chi connectivity index (χ4v) is 2.23. The molecule has 2 N–H and O–H groups in total. The van der Waals surface area contributed by atoms with Crippen molar-refractivity contribution in [3.8, 4) is 22.8 Å². The monoisotopic (exact) mass is 334 g/mol. The minimum atomic E-state index is -0.341. The number of halogens is 2. The maximum atomic E-state index is 13.1. The second-order valence-electron chi connectivity index (χ2n) is 4.02. The molecule has 0 saturated heterocycles. The summed E-state index contributed by atoms with van der Waals surface area (Å²) >= 11 is 3.27. The van der Waals surface area contributed by atoms with Gasteiger partial charge in [0.25, 0.3) is 5.89 Å². The molecule has 3 rings (SSSR count). The number of benzene rings is 1. The molecule has 0 unspecified atom stereocenters. The first-order valence-electron chi connectivity index (χ1n) is 5.64. The van der Waals surface area contributed by atoms with Crippen molar-refractivity contribution in [3.63, 3.8) is 0 Å². The third kappa shape index (κ3) is 2.39. The summed E-state index contributed by atoms with van der Waals surface area (Å²) in [7, 11) is 0. The highest BCUT2D eigenvalue weighted by molar-refractivity contribution is 9.10. The van der Waals surface area contributed by atoms with E-state index in [2.05, 4.69) is 31.1 Å². The summed E-state index contributed by atoms with van der Waals surface area (Å²) < 4.78 is 18.8. The molecule has 2 heterocycles. The third-order valence-corrected chi connectivity index (χ3v) is 3.28. The fourth-order valence-electron chi connectivity index (χ4n) is 1.70. The van der Waals surface area contributed by atoms with Gasteiger partial charge in [-0.25, -0.2) is 9.37 Å². The lowest BCUT2D eigenvalue weighted by Crippen LogP contribution is -1.89. The molecule has 0 radical (unpaired) electrons. The fraction of sp³-hybridized carbons (Fsp3) is 0. The largest absolute Gasteiger partial charge is 0.384 e. The summed E-state index contributed by atoms with van der Waals surface area (Å²) in [5, 5.41) is 3.88. The van der Waals surface area contributed by atoms with Crippen LogP contribution in [-0.2, 0) is 0 Å². The molecule has 20 heavy (non-hydrogen) atoms. The van der Waals surface area contributed by atoms with Gasteiger partial charge in [-0.15, -0.1) is 0 Å². The molecule has 0 atom stereocenters. The number of hydrogen-bond donors (Lipinski definition) is 1. The van der Waals surface area contributed by atoms with Crippen molar-refractivity contribution in [2.24, 2.45) is 0 Å². The number of hydrogen-bond acceptors (Lipinski definition) is 5. The Kier molecular flexibility index (Phi) is 3.19. The third-order valence-electron chi connectivity index (χ3n) is 2.63. The van der Waals surface area contributed by atoms with E-state index in [4.69, 9.17) is 10.3 Å². The summed E-state index contributed by atoms with van der Waals surface area (Å²) in [5.41, 5.74) is 6.92. The van der Waals surface area contributed by atoms with Gasteiger partial charge in [-0.1, -0.05) is 5.16 Å². The van der Waals surface area contributed by atoms with Crippen LogP contribution in [0.5, 0.6) is 0 Å². The minimum absolute atomic E-state index is 0.324. The van der Waals surface area contributed by atoms with Gasteiger partial charge < -0.3 is 10.3 Å². The predicted octanol–water partition coefficient (Wildman–Crippen LogP) is 3.28. The van der Waals surface area contributed by atoms with Crippen molar-refractivity contribution in [1.82, 2.24) is 15.1 Å². The van der Waals surface area contributed by atoms with Crippen molar-refractivity contribution >= 4 is 21.7 Å². The van der Waals surface area contributed by atoms with Crippen LogP contribution >= 0.6 is 15.9 Å². The van der Waals surface area contributed by atoms with Crippen LogP contribution in [0.25, 0.3) is 22.8 Å². The van der Waals surface area contributed by atoms with E-state index in [0.29, 0.717) is 33.1 Å². The van der Waals surface area contributed by atoms with Gasteiger partial charge in [0.2, 0.25) is 5.82 Å². The van der Waals surface area contributed by atoms with Crippen LogP contribution in [0.1, 0.15) is 0 Å². The molecular weight excluding hydrogens is 327 g/mol. The Morgan fingerprint density at radius 3 is 2.80 bits per heavy atom. The maximum absolute atomic E-state index is 13.1. The molecule has 0 aliphatic heterocycles. The van der Waals surface area contributed by atoms with Gasteiger partial charge in [0, 0.05) is 21.8 Å². The quantitative estimate of drug-likeness (QED) is 0.778. The van der Waals surface area contributed by atoms with Crippen molar-refractivity contribution < 1.29 is 8.91 Å². The van der Waals surface area contributed by atoms with E-state index in [1.165, 1.54) is 12.1 Å². The molecule has 0 aliphatic rings. The number of nitrogens with zero attached hydrogens (tertiary/aromatic N) is 3. The highest BCUT2D eigenvalue weighted by Gasteiger charge is 2.13. The molecule has 3 aromatic rings. The van der Waals surface area contributed by atoms with Gasteiger partial charge in [0.05, 0.1) is 0 Å². The zero-order valence-electron chi connectivity index (χ0n) is 10.0. The average Bonchev–Trinajstić information content (AvgIpc) is 2.88. The number of pyridine rings is 1. The minimum Gasteiger partial charge on any atom is -0.384 e. The first-order chi connectivity index (χ1) is 9.63. The molecule has 5 nitrogen and oxygen atoms in total. The lowest BCUT2D eigenvalue weighted by atomic mass is 10.2. The summed E-state index contributed by atoms with van der Waals surface area (Å²) in [6.07, 6.45) is 1.56. The summed E-state index contributed by atoms with van der Waals surface area (Å²) in [6, 6.07) is 7.61. The molecule has 0 fully saturated rings. The van der Waals surface area contributed by atoms with Crippen LogP contribution in [0.15, 0.2) is 45.5 Å². The van der Waals surface area contributed by atoms with Crippen LogP contribution < -0.4 is 5.73 Å². The van der Waals surface area contributed by atoms with Gasteiger partial charge in [0.1, 0.15) is 11.6 Å². The molecule has 0 spiro atoms. The molecule has 0 aliphatic carbocycles. The smallest absolute Gasteiger partial charge is 0.258 e. The molecule has 100 valence electrons. The number of rotatable bonds is 2. The second-order valence-corrected chi connectivity index (χ2v) is 4.87. The molecule has 1 aromatic carbocycles. The molecule has 0 amide bonds. The molecule has 0 saturated carbocycles. The maximum Gasteiger partial charge on any atom is 0.258 e. The van der Waals surface area contributed by atoms with Crippen LogP contribution in [0.4, 0.5) is 10.2 Å². The SMILES string of the molecule is Nc1cc(-c2nc(-c3ccc(F)cc3Br)no2)ccn1. The Labute approximate surface area is 121 Å². The average molecular weight is 335 g/mol. The van der Waals surface area contributed by atoms with Gasteiger partial charge in [-0.3, -0.25) is 0 Å². The first-order valence-corrected chi connectivity index (χ1v) is 6.44. The van der Waals surface area contributed by atoms with E-state index in [-0.39, 0.29) is 5.82 Å². The topological polar surface area (TPSA) is 77.8 Å². The van der Waals surface area contributed by atoms with Gasteiger partial charge in [-0.2, -0.15) is 4.98 Å². The van der Waals surface area contributed by atoms with Crippen molar-refractivity contribution in [1.29, 1.82) is 0 Å². The Hall–Kier alpha value is -2.28. The summed E-state index contributed by atoms with van der Waals surface area (Å²) in [5.74, 6) is 0.712. The number of nitrogens with two attached hydrogens (primary N) is 1.